The summed E-state index contributed by atoms with van der Waals surface area (Å²) < 4.78 is 5.69. The molecule has 1 heterocycles. The van der Waals surface area contributed by atoms with Gasteiger partial charge in [0.25, 0.3) is 0 Å². The molecule has 3 rings (SSSR count). The molecule has 3 N–H and O–H groups in total. The number of carbonyl (C=O) groups excluding carboxylic acids is 1. The molecule has 0 bridgehead atoms. The van der Waals surface area contributed by atoms with Crippen LogP contribution >= 0.6 is 0 Å². The summed E-state index contributed by atoms with van der Waals surface area (Å²) in [5, 5.41) is 15.8. The summed E-state index contributed by atoms with van der Waals surface area (Å²) >= 11 is 0. The molecule has 1 aromatic heterocycles. The molecule has 0 atom stereocenters. The van der Waals surface area contributed by atoms with Crippen molar-refractivity contribution in [2.75, 3.05) is 0 Å². The number of benzene rings is 1. The lowest BCUT2D eigenvalue weighted by Gasteiger charge is -2.26. The van der Waals surface area contributed by atoms with Crippen molar-refractivity contribution in [3.63, 3.8) is 0 Å². The van der Waals surface area contributed by atoms with Gasteiger partial charge in [0, 0.05) is 23.5 Å². The first-order valence-electron chi connectivity index (χ1n) is 8.28. The van der Waals surface area contributed by atoms with Crippen LogP contribution in [0.1, 0.15) is 37.0 Å². The molecule has 6 nitrogen and oxygen atoms in total. The van der Waals surface area contributed by atoms with Gasteiger partial charge in [0.15, 0.2) is 0 Å². The lowest BCUT2D eigenvalue weighted by molar-refractivity contribution is -0.142. The third-order valence-corrected chi connectivity index (χ3v) is 4.74. The number of nitrogens with one attached hydrogen (secondary N) is 2. The van der Waals surface area contributed by atoms with Gasteiger partial charge in [-0.3, -0.25) is 4.79 Å². The minimum absolute atomic E-state index is 0.0443. The summed E-state index contributed by atoms with van der Waals surface area (Å²) in [5.41, 5.74) is 1.80. The van der Waals surface area contributed by atoms with E-state index in [4.69, 9.17) is 9.52 Å². The number of carboxylic acids is 1. The lowest BCUT2D eigenvalue weighted by Crippen LogP contribution is -2.43. The van der Waals surface area contributed by atoms with Crippen molar-refractivity contribution in [1.82, 2.24) is 10.6 Å². The van der Waals surface area contributed by atoms with E-state index in [0.717, 1.165) is 22.3 Å². The molecule has 0 aliphatic heterocycles. The summed E-state index contributed by atoms with van der Waals surface area (Å²) in [6.07, 6.45) is 2.65. The van der Waals surface area contributed by atoms with Crippen LogP contribution in [0.3, 0.4) is 0 Å². The number of carboxylic acid groups (broad SMARTS) is 1. The molecule has 0 saturated heterocycles. The topological polar surface area (TPSA) is 91.6 Å². The number of aryl methyl sites for hydroxylation is 1. The Labute approximate surface area is 140 Å². The van der Waals surface area contributed by atoms with Crippen molar-refractivity contribution < 1.29 is 19.1 Å². The number of hydrogen-bond acceptors (Lipinski definition) is 3. The fourth-order valence-corrected chi connectivity index (χ4v) is 3.33. The molecule has 1 fully saturated rings. The summed E-state index contributed by atoms with van der Waals surface area (Å²) in [4.78, 5) is 23.0. The molecule has 1 saturated carbocycles. The molecular formula is C18H22N2O4. The molecule has 1 aromatic carbocycles. The first-order valence-corrected chi connectivity index (χ1v) is 8.28. The SMILES string of the molecule is Cc1oc2ccccc2c1CNC(=O)NC1CCC(C(=O)O)CC1. The van der Waals surface area contributed by atoms with Crippen molar-refractivity contribution in [2.45, 2.75) is 45.2 Å². The number of hydrogen-bond donors (Lipinski definition) is 3. The summed E-state index contributed by atoms with van der Waals surface area (Å²) in [6, 6.07) is 7.58. The van der Waals surface area contributed by atoms with Crippen LogP contribution < -0.4 is 10.6 Å². The number of urea groups is 1. The number of furan rings is 1. The Balaban J connectivity index is 1.52. The predicted octanol–water partition coefficient (Wildman–Crippen LogP) is 3.18. The average Bonchev–Trinajstić information content (AvgIpc) is 2.88. The van der Waals surface area contributed by atoms with Crippen LogP contribution in [0.25, 0.3) is 11.0 Å². The van der Waals surface area contributed by atoms with Gasteiger partial charge >= 0.3 is 12.0 Å². The molecule has 0 radical (unpaired) electrons. The Hall–Kier alpha value is -2.50. The fourth-order valence-electron chi connectivity index (χ4n) is 3.33. The number of fused-ring (bicyclic) bond motifs is 1. The number of para-hydroxylation sites is 1. The Morgan fingerprint density at radius 1 is 1.21 bits per heavy atom. The summed E-state index contributed by atoms with van der Waals surface area (Å²) in [7, 11) is 0. The van der Waals surface area contributed by atoms with Gasteiger partial charge in [0.1, 0.15) is 11.3 Å². The molecular weight excluding hydrogens is 308 g/mol. The molecule has 1 aliphatic carbocycles. The highest BCUT2D eigenvalue weighted by molar-refractivity contribution is 5.83. The van der Waals surface area contributed by atoms with E-state index >= 15 is 0 Å². The van der Waals surface area contributed by atoms with Crippen LogP contribution in [-0.2, 0) is 11.3 Å². The van der Waals surface area contributed by atoms with Crippen LogP contribution in [0.15, 0.2) is 28.7 Å². The van der Waals surface area contributed by atoms with Gasteiger partial charge in [0.2, 0.25) is 0 Å². The Morgan fingerprint density at radius 2 is 1.92 bits per heavy atom. The molecule has 1 aliphatic rings. The van der Waals surface area contributed by atoms with Crippen LogP contribution in [0.4, 0.5) is 4.79 Å². The molecule has 2 aromatic rings. The maximum atomic E-state index is 12.1. The van der Waals surface area contributed by atoms with Gasteiger partial charge in [-0.15, -0.1) is 0 Å². The van der Waals surface area contributed by atoms with Gasteiger partial charge in [-0.2, -0.15) is 0 Å². The van der Waals surface area contributed by atoms with E-state index in [9.17, 15) is 9.59 Å². The molecule has 24 heavy (non-hydrogen) atoms. The zero-order chi connectivity index (χ0) is 17.1. The highest BCUT2D eigenvalue weighted by Gasteiger charge is 2.26. The summed E-state index contributed by atoms with van der Waals surface area (Å²) in [6.45, 7) is 2.29. The minimum Gasteiger partial charge on any atom is -0.481 e. The van der Waals surface area contributed by atoms with Crippen molar-refractivity contribution in [2.24, 2.45) is 5.92 Å². The Kier molecular flexibility index (Phi) is 4.74. The van der Waals surface area contributed by atoms with E-state index in [1.54, 1.807) is 0 Å². The first-order chi connectivity index (χ1) is 11.5. The van der Waals surface area contributed by atoms with E-state index in [0.29, 0.717) is 32.2 Å². The monoisotopic (exact) mass is 330 g/mol. The second-order valence-corrected chi connectivity index (χ2v) is 6.35. The van der Waals surface area contributed by atoms with Gasteiger partial charge in [0.05, 0.1) is 5.92 Å². The van der Waals surface area contributed by atoms with E-state index in [1.165, 1.54) is 0 Å². The standard InChI is InChI=1S/C18H22N2O4/c1-11-15(14-4-2-3-5-16(14)24-11)10-19-18(23)20-13-8-6-12(7-9-13)17(21)22/h2-5,12-13H,6-10H2,1H3,(H,21,22)(H2,19,20,23). The highest BCUT2D eigenvalue weighted by Crippen LogP contribution is 2.26. The minimum atomic E-state index is -0.736. The van der Waals surface area contributed by atoms with Gasteiger partial charge in [-0.05, 0) is 38.7 Å². The van der Waals surface area contributed by atoms with Crippen molar-refractivity contribution in [3.8, 4) is 0 Å². The van der Waals surface area contributed by atoms with Gasteiger partial charge in [-0.1, -0.05) is 18.2 Å². The maximum Gasteiger partial charge on any atom is 0.315 e. The lowest BCUT2D eigenvalue weighted by atomic mass is 9.86. The predicted molar refractivity (Wildman–Crippen MR) is 89.7 cm³/mol. The van der Waals surface area contributed by atoms with Crippen LogP contribution in [0.2, 0.25) is 0 Å². The molecule has 128 valence electrons. The number of carbonyl (C=O) groups is 2. The van der Waals surface area contributed by atoms with E-state index < -0.39 is 5.97 Å². The van der Waals surface area contributed by atoms with Gasteiger partial charge in [-0.25, -0.2) is 4.79 Å². The van der Waals surface area contributed by atoms with Crippen molar-refractivity contribution in [3.05, 3.63) is 35.6 Å². The number of aliphatic carboxylic acids is 1. The molecule has 2 amide bonds. The van der Waals surface area contributed by atoms with E-state index in [1.807, 2.05) is 31.2 Å². The van der Waals surface area contributed by atoms with Gasteiger partial charge < -0.3 is 20.2 Å². The normalized spacial score (nSPS) is 20.7. The fraction of sp³-hybridized carbons (Fsp3) is 0.444. The third-order valence-electron chi connectivity index (χ3n) is 4.74. The number of amides is 2. The first kappa shape index (κ1) is 16.4. The molecule has 0 unspecified atom stereocenters. The second-order valence-electron chi connectivity index (χ2n) is 6.35. The third kappa shape index (κ3) is 3.53. The quantitative estimate of drug-likeness (QED) is 0.803. The Morgan fingerprint density at radius 3 is 2.62 bits per heavy atom. The Bertz CT molecular complexity index is 745. The smallest absolute Gasteiger partial charge is 0.315 e. The van der Waals surface area contributed by atoms with E-state index in [2.05, 4.69) is 10.6 Å². The average molecular weight is 330 g/mol. The largest absolute Gasteiger partial charge is 0.481 e. The zero-order valence-electron chi connectivity index (χ0n) is 13.7. The molecule has 0 spiro atoms. The maximum absolute atomic E-state index is 12.1. The van der Waals surface area contributed by atoms with E-state index in [-0.39, 0.29) is 18.0 Å². The van der Waals surface area contributed by atoms with Crippen LogP contribution in [-0.4, -0.2) is 23.1 Å². The van der Waals surface area contributed by atoms with Crippen molar-refractivity contribution >= 4 is 23.0 Å². The van der Waals surface area contributed by atoms with Crippen LogP contribution in [0.5, 0.6) is 0 Å². The van der Waals surface area contributed by atoms with Crippen molar-refractivity contribution in [1.29, 1.82) is 0 Å². The zero-order valence-corrected chi connectivity index (χ0v) is 13.7. The summed E-state index contributed by atoms with van der Waals surface area (Å²) in [5.74, 6) is -0.204. The van der Waals surface area contributed by atoms with Crippen LogP contribution in [0, 0.1) is 12.8 Å². The second kappa shape index (κ2) is 6.95. The molecule has 6 heteroatoms. The highest BCUT2D eigenvalue weighted by atomic mass is 16.4. The number of rotatable bonds is 4.